The van der Waals surface area contributed by atoms with E-state index in [1.165, 1.54) is 11.3 Å². The minimum atomic E-state index is -0.623. The average Bonchev–Trinajstić information content (AvgIpc) is 3.76. The van der Waals surface area contributed by atoms with Crippen molar-refractivity contribution in [3.63, 3.8) is 0 Å². The Kier molecular flexibility index (Phi) is 9.29. The molecule has 0 saturated carbocycles. The quantitative estimate of drug-likeness (QED) is 0.179. The van der Waals surface area contributed by atoms with Crippen molar-refractivity contribution >= 4 is 62.3 Å². The van der Waals surface area contributed by atoms with Crippen molar-refractivity contribution in [1.82, 2.24) is 25.0 Å². The van der Waals surface area contributed by atoms with Crippen molar-refractivity contribution in [2.45, 2.75) is 83.5 Å². The third-order valence-corrected chi connectivity index (χ3v) is 14.2. The normalized spacial score (nSPS) is 21.7. The highest BCUT2D eigenvalue weighted by molar-refractivity contribution is 9.10. The second kappa shape index (κ2) is 14.1. The zero-order valence-corrected chi connectivity index (χ0v) is 33.8. The van der Waals surface area contributed by atoms with Crippen molar-refractivity contribution in [2.75, 3.05) is 44.2 Å². The van der Waals surface area contributed by atoms with Crippen LogP contribution in [-0.4, -0.2) is 101 Å². The van der Waals surface area contributed by atoms with Gasteiger partial charge in [-0.15, -0.1) is 0 Å². The molecule has 4 aliphatic heterocycles. The van der Waals surface area contributed by atoms with Gasteiger partial charge in [-0.3, -0.25) is 39.1 Å². The van der Waals surface area contributed by atoms with Gasteiger partial charge < -0.3 is 14.8 Å². The van der Waals surface area contributed by atoms with Gasteiger partial charge in [-0.25, -0.2) is 0 Å². The van der Waals surface area contributed by atoms with Crippen LogP contribution in [0.15, 0.2) is 46.9 Å². The third-order valence-electron chi connectivity index (χ3n) is 13.2. The van der Waals surface area contributed by atoms with E-state index < -0.39 is 17.4 Å². The van der Waals surface area contributed by atoms with Crippen LogP contribution in [0, 0.1) is 0 Å². The molecule has 0 radical (unpaired) electrons. The number of amides is 3. The molecule has 12 heteroatoms. The number of carbonyl (C=O) groups excluding carboxylic acids is 5. The summed E-state index contributed by atoms with van der Waals surface area (Å²) < 4.78 is 0.935. The molecular formula is C44H47BrN6O5. The lowest BCUT2D eigenvalue weighted by atomic mass is 9.70. The van der Waals surface area contributed by atoms with Crippen LogP contribution >= 0.6 is 15.9 Å². The predicted molar refractivity (Wildman–Crippen MR) is 217 cm³/mol. The Morgan fingerprint density at radius 1 is 0.893 bits per heavy atom. The van der Waals surface area contributed by atoms with Crippen molar-refractivity contribution in [3.8, 4) is 0 Å². The molecule has 5 aliphatic rings. The fourth-order valence-corrected chi connectivity index (χ4v) is 10.5. The van der Waals surface area contributed by atoms with E-state index in [2.05, 4.69) is 73.8 Å². The van der Waals surface area contributed by atoms with Gasteiger partial charge in [0.25, 0.3) is 5.91 Å². The second-order valence-electron chi connectivity index (χ2n) is 16.6. The van der Waals surface area contributed by atoms with Crippen LogP contribution in [0.2, 0.25) is 0 Å². The number of hydrogen-bond acceptors (Lipinski definition) is 8. The van der Waals surface area contributed by atoms with E-state index in [4.69, 9.17) is 0 Å². The summed E-state index contributed by atoms with van der Waals surface area (Å²) in [7, 11) is 0. The zero-order chi connectivity index (χ0) is 39.0. The molecule has 1 atom stereocenters. The van der Waals surface area contributed by atoms with Crippen LogP contribution in [-0.2, 0) is 34.5 Å². The first-order chi connectivity index (χ1) is 27.0. The summed E-state index contributed by atoms with van der Waals surface area (Å²) in [6, 6.07) is 13.8. The molecule has 1 aromatic heterocycles. The summed E-state index contributed by atoms with van der Waals surface area (Å²) in [6.07, 6.45) is 4.45. The molecule has 290 valence electrons. The van der Waals surface area contributed by atoms with Crippen LogP contribution < -0.4 is 10.2 Å². The molecule has 5 heterocycles. The number of aryl methyl sites for hydroxylation is 1. The monoisotopic (exact) mass is 818 g/mol. The van der Waals surface area contributed by atoms with Crippen molar-refractivity contribution < 1.29 is 24.0 Å². The highest BCUT2D eigenvalue weighted by atomic mass is 79.9. The topological polar surface area (TPSA) is 126 Å². The molecule has 11 nitrogen and oxygen atoms in total. The molecule has 1 unspecified atom stereocenters. The molecule has 0 spiro atoms. The summed E-state index contributed by atoms with van der Waals surface area (Å²) in [5.74, 6) is -0.783. The molecule has 56 heavy (non-hydrogen) atoms. The number of rotatable bonds is 7. The van der Waals surface area contributed by atoms with Gasteiger partial charge in [0.05, 0.1) is 5.56 Å². The number of imide groups is 1. The standard InChI is InChI=1S/C44H47BrN6O5/c1-4-26-20-31-33(44(2,3)41-38(40(31)54)30-7-5-25(24-52)19-34(30)46-41)21-36(26)50-13-11-28(12-14-50)49-17-15-48(16-18-49)22-27-6-8-29-32(39(27)45)23-51(43(29)56)35-9-10-37(53)47-42(35)55/h5-8,19-21,24,28,35,46H,4,9-18,22-23H2,1-3H3,(H,47,53,55). The van der Waals surface area contributed by atoms with E-state index in [1.807, 2.05) is 24.3 Å². The van der Waals surface area contributed by atoms with Crippen LogP contribution in [0.5, 0.6) is 0 Å². The summed E-state index contributed by atoms with van der Waals surface area (Å²) in [5.41, 5.74) is 9.58. The number of H-pyrrole nitrogens is 1. The average molecular weight is 820 g/mol. The number of carbonyl (C=O) groups is 5. The molecule has 9 rings (SSSR count). The molecule has 3 saturated heterocycles. The number of piperidine rings is 2. The van der Waals surface area contributed by atoms with E-state index in [-0.39, 0.29) is 24.0 Å². The fourth-order valence-electron chi connectivity index (χ4n) is 9.95. The minimum absolute atomic E-state index is 0.0496. The number of nitrogens with zero attached hydrogens (tertiary/aromatic N) is 4. The van der Waals surface area contributed by atoms with Gasteiger partial charge in [0.15, 0.2) is 5.78 Å². The Morgan fingerprint density at radius 3 is 2.38 bits per heavy atom. The van der Waals surface area contributed by atoms with Gasteiger partial charge >= 0.3 is 0 Å². The van der Waals surface area contributed by atoms with Crippen LogP contribution in [0.1, 0.15) is 111 Å². The lowest BCUT2D eigenvalue weighted by Gasteiger charge is -2.44. The van der Waals surface area contributed by atoms with Gasteiger partial charge in [-0.1, -0.05) is 54.9 Å². The number of hydrogen-bond donors (Lipinski definition) is 2. The van der Waals surface area contributed by atoms with Crippen LogP contribution in [0.3, 0.4) is 0 Å². The molecule has 4 aromatic rings. The number of fused-ring (bicyclic) bond motifs is 5. The van der Waals surface area contributed by atoms with Gasteiger partial charge in [-0.05, 0) is 72.2 Å². The summed E-state index contributed by atoms with van der Waals surface area (Å²) in [4.78, 5) is 75.9. The first kappa shape index (κ1) is 37.0. The lowest BCUT2D eigenvalue weighted by Crippen LogP contribution is -2.53. The van der Waals surface area contributed by atoms with E-state index >= 15 is 0 Å². The van der Waals surface area contributed by atoms with E-state index in [1.54, 1.807) is 11.0 Å². The molecule has 3 amide bonds. The number of anilines is 1. The molecular weight excluding hydrogens is 772 g/mol. The predicted octanol–water partition coefficient (Wildman–Crippen LogP) is 5.72. The Morgan fingerprint density at radius 2 is 1.66 bits per heavy atom. The number of aromatic amines is 1. The van der Waals surface area contributed by atoms with Crippen LogP contribution in [0.4, 0.5) is 5.69 Å². The summed E-state index contributed by atoms with van der Waals surface area (Å²) in [6.45, 7) is 13.6. The SMILES string of the molecule is CCc1cc2c(cc1N1CCC(N3CCN(Cc4ccc5c(c4Br)CN(C4CCC(=O)NC4=O)C5=O)CC3)CC1)C(C)(C)c1[nH]c3cc(C=O)ccc3c1C2=O. The molecule has 3 aromatic carbocycles. The summed E-state index contributed by atoms with van der Waals surface area (Å²) >= 11 is 3.82. The van der Waals surface area contributed by atoms with Crippen molar-refractivity contribution in [1.29, 1.82) is 0 Å². The minimum Gasteiger partial charge on any atom is -0.371 e. The van der Waals surface area contributed by atoms with Crippen molar-refractivity contribution in [2.24, 2.45) is 0 Å². The Balaban J connectivity index is 0.839. The maximum Gasteiger partial charge on any atom is 0.255 e. The van der Waals surface area contributed by atoms with E-state index in [9.17, 15) is 24.0 Å². The van der Waals surface area contributed by atoms with Gasteiger partial charge in [0.2, 0.25) is 11.8 Å². The number of benzene rings is 3. The molecule has 0 bridgehead atoms. The molecule has 1 aliphatic carbocycles. The second-order valence-corrected chi connectivity index (χ2v) is 17.4. The smallest absolute Gasteiger partial charge is 0.255 e. The van der Waals surface area contributed by atoms with E-state index in [0.29, 0.717) is 30.1 Å². The number of aromatic nitrogens is 1. The third kappa shape index (κ3) is 6.03. The Bertz CT molecular complexity index is 2330. The molecule has 3 fully saturated rings. The highest BCUT2D eigenvalue weighted by Gasteiger charge is 2.42. The number of piperazine rings is 1. The van der Waals surface area contributed by atoms with Gasteiger partial charge in [0.1, 0.15) is 12.3 Å². The highest BCUT2D eigenvalue weighted by Crippen LogP contribution is 2.46. The fraction of sp³-hybridized carbons (Fsp3) is 0.432. The van der Waals surface area contributed by atoms with Gasteiger partial charge in [0, 0.05) is 114 Å². The number of halogens is 1. The van der Waals surface area contributed by atoms with Crippen molar-refractivity contribution in [3.05, 3.63) is 97.1 Å². The first-order valence-electron chi connectivity index (χ1n) is 20.0. The zero-order valence-electron chi connectivity index (χ0n) is 32.2. The Hall–Kier alpha value is -4.65. The number of nitrogens with one attached hydrogen (secondary N) is 2. The maximum absolute atomic E-state index is 14.1. The summed E-state index contributed by atoms with van der Waals surface area (Å²) in [5, 5.41) is 3.25. The lowest BCUT2D eigenvalue weighted by molar-refractivity contribution is -0.136. The van der Waals surface area contributed by atoms with Gasteiger partial charge in [-0.2, -0.15) is 0 Å². The van der Waals surface area contributed by atoms with E-state index in [0.717, 1.165) is 120 Å². The number of aldehydes is 1. The number of ketones is 1. The first-order valence-corrected chi connectivity index (χ1v) is 20.8. The Labute approximate surface area is 334 Å². The molecule has 2 N–H and O–H groups in total. The maximum atomic E-state index is 14.1. The van der Waals surface area contributed by atoms with Crippen LogP contribution in [0.25, 0.3) is 10.9 Å². The largest absolute Gasteiger partial charge is 0.371 e.